The Kier molecular flexibility index (Phi) is 4.00. The van der Waals surface area contributed by atoms with Crippen molar-refractivity contribution >= 4 is 0 Å². The fourth-order valence-electron chi connectivity index (χ4n) is 2.97. The van der Waals surface area contributed by atoms with Gasteiger partial charge in [0.1, 0.15) is 0 Å². The maximum absolute atomic E-state index is 9.45. The van der Waals surface area contributed by atoms with E-state index in [9.17, 15) is 5.11 Å². The molecule has 2 atom stereocenters. The van der Waals surface area contributed by atoms with Gasteiger partial charge in [-0.15, -0.1) is 0 Å². The number of aliphatic hydroxyl groups excluding tert-OH is 1. The third-order valence-electron chi connectivity index (χ3n) is 4.00. The molecule has 0 aromatic carbocycles. The third kappa shape index (κ3) is 2.71. The molecule has 3 nitrogen and oxygen atoms in total. The molecule has 1 aliphatic carbocycles. The summed E-state index contributed by atoms with van der Waals surface area (Å²) in [5, 5.41) is 12.9. The molecule has 2 unspecified atom stereocenters. The molecule has 2 rings (SSSR count). The zero-order valence-corrected chi connectivity index (χ0v) is 9.78. The van der Waals surface area contributed by atoms with E-state index in [1.807, 2.05) is 0 Å². The minimum atomic E-state index is 0.302. The summed E-state index contributed by atoms with van der Waals surface area (Å²) < 4.78 is 0. The zero-order chi connectivity index (χ0) is 10.7. The van der Waals surface area contributed by atoms with E-state index < -0.39 is 0 Å². The van der Waals surface area contributed by atoms with E-state index in [0.717, 1.165) is 19.1 Å². The second-order valence-corrected chi connectivity index (χ2v) is 5.11. The summed E-state index contributed by atoms with van der Waals surface area (Å²) in [7, 11) is 0. The van der Waals surface area contributed by atoms with Crippen LogP contribution in [0.3, 0.4) is 0 Å². The summed E-state index contributed by atoms with van der Waals surface area (Å²) in [5.41, 5.74) is 0. The van der Waals surface area contributed by atoms with Crippen molar-refractivity contribution in [3.63, 3.8) is 0 Å². The van der Waals surface area contributed by atoms with Crippen LogP contribution in [0.25, 0.3) is 0 Å². The molecule has 1 saturated carbocycles. The fraction of sp³-hybridized carbons (Fsp3) is 1.00. The molecule has 2 aliphatic rings. The quantitative estimate of drug-likeness (QED) is 0.716. The van der Waals surface area contributed by atoms with Crippen LogP contribution in [-0.4, -0.2) is 47.8 Å². The summed E-state index contributed by atoms with van der Waals surface area (Å²) in [5.74, 6) is 0. The molecule has 3 heteroatoms. The summed E-state index contributed by atoms with van der Waals surface area (Å²) in [6.45, 7) is 4.65. The molecule has 0 radical (unpaired) electrons. The van der Waals surface area contributed by atoms with Gasteiger partial charge in [-0.2, -0.15) is 0 Å². The predicted molar refractivity (Wildman–Crippen MR) is 61.9 cm³/mol. The Morgan fingerprint density at radius 3 is 2.67 bits per heavy atom. The number of aliphatic hydroxyl groups is 1. The zero-order valence-electron chi connectivity index (χ0n) is 9.78. The smallest absolute Gasteiger partial charge is 0.0599 e. The number of nitrogens with one attached hydrogen (secondary N) is 1. The fourth-order valence-corrected chi connectivity index (χ4v) is 2.97. The normalized spacial score (nSPS) is 35.6. The van der Waals surface area contributed by atoms with Crippen molar-refractivity contribution in [2.45, 2.75) is 57.2 Å². The van der Waals surface area contributed by atoms with Crippen LogP contribution in [0.1, 0.15) is 39.0 Å². The molecule has 0 aromatic rings. The Hall–Kier alpha value is -0.120. The highest BCUT2D eigenvalue weighted by Crippen LogP contribution is 2.26. The third-order valence-corrected chi connectivity index (χ3v) is 4.00. The van der Waals surface area contributed by atoms with E-state index in [4.69, 9.17) is 0 Å². The van der Waals surface area contributed by atoms with Crippen molar-refractivity contribution in [3.8, 4) is 0 Å². The Bertz CT molecular complexity index is 192. The highest BCUT2D eigenvalue weighted by molar-refractivity contribution is 4.87. The standard InChI is InChI=1S/C12H24N2O/c1-10-6-7-14(11-4-2-3-5-11)12(9-15)8-13-10/h10-13,15H,2-9H2,1H3. The first kappa shape index (κ1) is 11.4. The Morgan fingerprint density at radius 2 is 2.00 bits per heavy atom. The lowest BCUT2D eigenvalue weighted by Crippen LogP contribution is -2.47. The lowest BCUT2D eigenvalue weighted by molar-refractivity contribution is 0.0933. The second kappa shape index (κ2) is 5.28. The Labute approximate surface area is 92.8 Å². The van der Waals surface area contributed by atoms with Crippen LogP contribution in [0.5, 0.6) is 0 Å². The average Bonchev–Trinajstić information content (AvgIpc) is 2.69. The first-order valence-corrected chi connectivity index (χ1v) is 6.41. The van der Waals surface area contributed by atoms with Crippen LogP contribution >= 0.6 is 0 Å². The molecule has 2 fully saturated rings. The van der Waals surface area contributed by atoms with Gasteiger partial charge in [-0.3, -0.25) is 4.90 Å². The summed E-state index contributed by atoms with van der Waals surface area (Å²) in [6, 6.07) is 1.69. The van der Waals surface area contributed by atoms with Gasteiger partial charge in [-0.1, -0.05) is 12.8 Å². The van der Waals surface area contributed by atoms with Gasteiger partial charge in [-0.05, 0) is 26.2 Å². The van der Waals surface area contributed by atoms with E-state index in [1.165, 1.54) is 32.1 Å². The topological polar surface area (TPSA) is 35.5 Å². The molecule has 2 N–H and O–H groups in total. The number of hydrogen-bond acceptors (Lipinski definition) is 3. The van der Waals surface area contributed by atoms with Gasteiger partial charge >= 0.3 is 0 Å². The number of nitrogens with zero attached hydrogens (tertiary/aromatic N) is 1. The van der Waals surface area contributed by atoms with Crippen LogP contribution in [-0.2, 0) is 0 Å². The molecule has 0 amide bonds. The summed E-state index contributed by atoms with van der Waals surface area (Å²) >= 11 is 0. The highest BCUT2D eigenvalue weighted by atomic mass is 16.3. The second-order valence-electron chi connectivity index (χ2n) is 5.11. The molecule has 1 heterocycles. The molecule has 0 spiro atoms. The van der Waals surface area contributed by atoms with Crippen molar-refractivity contribution in [2.24, 2.45) is 0 Å². The average molecular weight is 212 g/mol. The minimum Gasteiger partial charge on any atom is -0.395 e. The van der Waals surface area contributed by atoms with Gasteiger partial charge in [0.15, 0.2) is 0 Å². The molecule has 0 bridgehead atoms. The van der Waals surface area contributed by atoms with E-state index in [-0.39, 0.29) is 0 Å². The minimum absolute atomic E-state index is 0.302. The summed E-state index contributed by atoms with van der Waals surface area (Å²) in [4.78, 5) is 2.56. The maximum atomic E-state index is 9.45. The largest absolute Gasteiger partial charge is 0.395 e. The molecule has 0 aromatic heterocycles. The number of rotatable bonds is 2. The summed E-state index contributed by atoms with van der Waals surface area (Å²) in [6.07, 6.45) is 6.65. The molecule has 1 aliphatic heterocycles. The Morgan fingerprint density at radius 1 is 1.27 bits per heavy atom. The molecular formula is C12H24N2O. The van der Waals surface area contributed by atoms with Crippen LogP contribution in [0.4, 0.5) is 0 Å². The van der Waals surface area contributed by atoms with Crippen molar-refractivity contribution in [1.29, 1.82) is 0 Å². The van der Waals surface area contributed by atoms with Gasteiger partial charge in [0, 0.05) is 31.2 Å². The lowest BCUT2D eigenvalue weighted by atomic mass is 10.1. The van der Waals surface area contributed by atoms with Gasteiger partial charge in [0.2, 0.25) is 0 Å². The maximum Gasteiger partial charge on any atom is 0.0599 e. The molecule has 88 valence electrons. The van der Waals surface area contributed by atoms with E-state index in [1.54, 1.807) is 0 Å². The lowest BCUT2D eigenvalue weighted by Gasteiger charge is -2.33. The SMILES string of the molecule is CC1CCN(C2CCCC2)C(CO)CN1. The molecule has 1 saturated heterocycles. The van der Waals surface area contributed by atoms with Crippen LogP contribution in [0.15, 0.2) is 0 Å². The van der Waals surface area contributed by atoms with Crippen LogP contribution in [0.2, 0.25) is 0 Å². The Balaban J connectivity index is 1.98. The molecule has 15 heavy (non-hydrogen) atoms. The monoisotopic (exact) mass is 212 g/mol. The van der Waals surface area contributed by atoms with Crippen molar-refractivity contribution < 1.29 is 5.11 Å². The van der Waals surface area contributed by atoms with Gasteiger partial charge < -0.3 is 10.4 Å². The van der Waals surface area contributed by atoms with Crippen LogP contribution < -0.4 is 5.32 Å². The van der Waals surface area contributed by atoms with E-state index in [2.05, 4.69) is 17.1 Å². The van der Waals surface area contributed by atoms with E-state index in [0.29, 0.717) is 18.7 Å². The van der Waals surface area contributed by atoms with Gasteiger partial charge in [0.25, 0.3) is 0 Å². The number of hydrogen-bond donors (Lipinski definition) is 2. The first-order chi connectivity index (χ1) is 7.31. The van der Waals surface area contributed by atoms with Crippen molar-refractivity contribution in [1.82, 2.24) is 10.2 Å². The van der Waals surface area contributed by atoms with E-state index >= 15 is 0 Å². The van der Waals surface area contributed by atoms with Crippen molar-refractivity contribution in [3.05, 3.63) is 0 Å². The van der Waals surface area contributed by atoms with Gasteiger partial charge in [-0.25, -0.2) is 0 Å². The van der Waals surface area contributed by atoms with Crippen molar-refractivity contribution in [2.75, 3.05) is 19.7 Å². The predicted octanol–water partition coefficient (Wildman–Crippen LogP) is 0.974. The first-order valence-electron chi connectivity index (χ1n) is 6.41. The highest BCUT2D eigenvalue weighted by Gasteiger charge is 2.30. The molecular weight excluding hydrogens is 188 g/mol. The van der Waals surface area contributed by atoms with Crippen LogP contribution in [0, 0.1) is 0 Å². The van der Waals surface area contributed by atoms with Gasteiger partial charge in [0.05, 0.1) is 6.61 Å².